The first-order valence-corrected chi connectivity index (χ1v) is 12.7. The van der Waals surface area contributed by atoms with Gasteiger partial charge >= 0.3 is 5.97 Å². The van der Waals surface area contributed by atoms with E-state index in [-0.39, 0.29) is 18.0 Å². The molecule has 11 heteroatoms. The van der Waals surface area contributed by atoms with Crippen LogP contribution in [-0.2, 0) is 24.3 Å². The minimum Gasteiger partial charge on any atom is -0.455 e. The molecule has 1 fully saturated rings. The topological polar surface area (TPSA) is 123 Å². The summed E-state index contributed by atoms with van der Waals surface area (Å²) in [7, 11) is -3.65. The number of amides is 1. The number of piperidine rings is 1. The number of hydrogen-bond acceptors (Lipinski definition) is 7. The van der Waals surface area contributed by atoms with Crippen LogP contribution in [0.3, 0.4) is 0 Å². The van der Waals surface area contributed by atoms with Gasteiger partial charge in [-0.3, -0.25) is 14.6 Å². The molecule has 0 atom stereocenters. The highest BCUT2D eigenvalue weighted by Gasteiger charge is 2.33. The number of aromatic nitrogens is 3. The number of carbonyl (C=O) groups is 2. The van der Waals surface area contributed by atoms with E-state index in [4.69, 9.17) is 4.74 Å². The summed E-state index contributed by atoms with van der Waals surface area (Å²) in [5.74, 6) is -1.44. The van der Waals surface area contributed by atoms with E-state index in [0.29, 0.717) is 24.2 Å². The van der Waals surface area contributed by atoms with E-state index in [2.05, 4.69) is 15.4 Å². The third kappa shape index (κ3) is 5.41. The van der Waals surface area contributed by atoms with Gasteiger partial charge in [0.15, 0.2) is 6.61 Å². The molecule has 35 heavy (non-hydrogen) atoms. The van der Waals surface area contributed by atoms with Gasteiger partial charge in [-0.1, -0.05) is 18.2 Å². The number of sulfonamides is 1. The largest absolute Gasteiger partial charge is 0.455 e. The maximum Gasteiger partial charge on any atom is 0.309 e. The van der Waals surface area contributed by atoms with Gasteiger partial charge < -0.3 is 10.1 Å². The van der Waals surface area contributed by atoms with E-state index in [1.165, 1.54) is 22.8 Å². The van der Waals surface area contributed by atoms with Crippen LogP contribution in [0.4, 0.5) is 5.69 Å². The van der Waals surface area contributed by atoms with Gasteiger partial charge in [-0.2, -0.15) is 9.40 Å². The minimum atomic E-state index is -3.65. The number of ether oxygens (including phenoxy) is 1. The van der Waals surface area contributed by atoms with E-state index in [1.807, 2.05) is 37.3 Å². The Kier molecular flexibility index (Phi) is 7.27. The van der Waals surface area contributed by atoms with E-state index in [0.717, 1.165) is 11.4 Å². The van der Waals surface area contributed by atoms with Crippen LogP contribution in [0.2, 0.25) is 0 Å². The summed E-state index contributed by atoms with van der Waals surface area (Å²) in [6, 6.07) is 12.6. The number of nitrogens with one attached hydrogen (secondary N) is 1. The summed E-state index contributed by atoms with van der Waals surface area (Å²) in [6.07, 6.45) is 3.46. The van der Waals surface area contributed by atoms with Crippen LogP contribution >= 0.6 is 0 Å². The molecule has 0 radical (unpaired) electrons. The van der Waals surface area contributed by atoms with Crippen LogP contribution in [0.25, 0.3) is 5.69 Å². The molecule has 184 valence electrons. The Morgan fingerprint density at radius 1 is 1.09 bits per heavy atom. The van der Waals surface area contributed by atoms with Crippen molar-refractivity contribution in [1.82, 2.24) is 19.1 Å². The van der Waals surface area contributed by atoms with Crippen molar-refractivity contribution in [3.63, 3.8) is 0 Å². The van der Waals surface area contributed by atoms with Crippen LogP contribution in [0.15, 0.2) is 59.8 Å². The number of rotatable bonds is 7. The number of carbonyl (C=O) groups excluding carboxylic acids is 2. The summed E-state index contributed by atoms with van der Waals surface area (Å²) in [4.78, 5) is 29.0. The molecule has 2 aromatic heterocycles. The molecule has 1 saturated heterocycles. The van der Waals surface area contributed by atoms with E-state index < -0.39 is 34.4 Å². The lowest BCUT2D eigenvalue weighted by Gasteiger charge is -2.29. The summed E-state index contributed by atoms with van der Waals surface area (Å²) in [6.45, 7) is 3.60. The molecule has 0 aliphatic carbocycles. The SMILES string of the molecule is Cc1nn(-c2ccccc2)c(C)c1NC(=O)COC(=O)C1CCN(S(=O)(=O)c2cccnc2)CC1. The molecular weight excluding hydrogens is 470 g/mol. The van der Waals surface area contributed by atoms with Crippen LogP contribution in [0.5, 0.6) is 0 Å². The molecule has 1 aliphatic rings. The summed E-state index contributed by atoms with van der Waals surface area (Å²) in [5, 5.41) is 7.27. The van der Waals surface area contributed by atoms with Gasteiger partial charge in [0.2, 0.25) is 10.0 Å². The lowest BCUT2D eigenvalue weighted by molar-refractivity contribution is -0.152. The predicted octanol–water partition coefficient (Wildman–Crippen LogP) is 2.47. The fourth-order valence-corrected chi connectivity index (χ4v) is 5.49. The highest BCUT2D eigenvalue weighted by atomic mass is 32.2. The van der Waals surface area contributed by atoms with Gasteiger partial charge in [-0.25, -0.2) is 13.1 Å². The molecule has 3 aromatic rings. The molecular formula is C24H27N5O5S. The van der Waals surface area contributed by atoms with Gasteiger partial charge in [0.05, 0.1) is 28.7 Å². The summed E-state index contributed by atoms with van der Waals surface area (Å²) in [5.41, 5.74) is 2.85. The fraction of sp³-hybridized carbons (Fsp3) is 0.333. The van der Waals surface area contributed by atoms with E-state index >= 15 is 0 Å². The van der Waals surface area contributed by atoms with Crippen molar-refractivity contribution in [2.24, 2.45) is 5.92 Å². The zero-order valence-electron chi connectivity index (χ0n) is 19.5. The number of esters is 1. The second kappa shape index (κ2) is 10.4. The van der Waals surface area contributed by atoms with Gasteiger partial charge in [0, 0.05) is 25.5 Å². The smallest absolute Gasteiger partial charge is 0.309 e. The summed E-state index contributed by atoms with van der Waals surface area (Å²) >= 11 is 0. The number of hydrogen-bond donors (Lipinski definition) is 1. The Morgan fingerprint density at radius 3 is 2.46 bits per heavy atom. The van der Waals surface area contributed by atoms with Gasteiger partial charge in [0.25, 0.3) is 5.91 Å². The van der Waals surface area contributed by atoms with Crippen molar-refractivity contribution < 1.29 is 22.7 Å². The lowest BCUT2D eigenvalue weighted by Crippen LogP contribution is -2.41. The van der Waals surface area contributed by atoms with Crippen molar-refractivity contribution >= 4 is 27.6 Å². The second-order valence-electron chi connectivity index (χ2n) is 8.32. The zero-order valence-corrected chi connectivity index (χ0v) is 20.4. The van der Waals surface area contributed by atoms with Crippen LogP contribution in [-0.4, -0.2) is 59.1 Å². The molecule has 1 amide bonds. The lowest BCUT2D eigenvalue weighted by atomic mass is 9.98. The molecule has 1 aliphatic heterocycles. The molecule has 1 N–H and O–H groups in total. The number of para-hydroxylation sites is 1. The van der Waals surface area contributed by atoms with E-state index in [1.54, 1.807) is 17.7 Å². The molecule has 1 aromatic carbocycles. The van der Waals surface area contributed by atoms with E-state index in [9.17, 15) is 18.0 Å². The van der Waals surface area contributed by atoms with Gasteiger partial charge in [-0.15, -0.1) is 0 Å². The van der Waals surface area contributed by atoms with Gasteiger partial charge in [-0.05, 0) is 51.0 Å². The number of aryl methyl sites for hydroxylation is 1. The third-order valence-electron chi connectivity index (χ3n) is 5.96. The molecule has 0 saturated carbocycles. The maximum absolute atomic E-state index is 12.7. The average molecular weight is 498 g/mol. The predicted molar refractivity (Wildman–Crippen MR) is 128 cm³/mol. The number of pyridine rings is 1. The normalized spacial score (nSPS) is 15.0. The number of benzene rings is 1. The minimum absolute atomic E-state index is 0.124. The third-order valence-corrected chi connectivity index (χ3v) is 7.84. The van der Waals surface area contributed by atoms with Crippen molar-refractivity contribution in [3.05, 3.63) is 66.2 Å². The Morgan fingerprint density at radius 2 is 1.80 bits per heavy atom. The highest BCUT2D eigenvalue weighted by Crippen LogP contribution is 2.25. The fourth-order valence-electron chi connectivity index (χ4n) is 4.05. The molecule has 4 rings (SSSR count). The van der Waals surface area contributed by atoms with Crippen molar-refractivity contribution in [2.45, 2.75) is 31.6 Å². The van der Waals surface area contributed by atoms with Crippen LogP contribution in [0, 0.1) is 19.8 Å². The maximum atomic E-state index is 12.7. The Labute approximate surface area is 204 Å². The molecule has 0 bridgehead atoms. The number of anilines is 1. The average Bonchev–Trinajstić information content (AvgIpc) is 3.16. The molecule has 10 nitrogen and oxygen atoms in total. The second-order valence-corrected chi connectivity index (χ2v) is 10.3. The molecule has 0 unspecified atom stereocenters. The van der Waals surface area contributed by atoms with Crippen molar-refractivity contribution in [3.8, 4) is 5.69 Å². The standard InChI is InChI=1S/C24H27N5O5S/c1-17-23(18(2)29(27-17)20-7-4-3-5-8-20)26-22(30)16-34-24(31)19-10-13-28(14-11-19)35(32,33)21-9-6-12-25-15-21/h3-9,12,15,19H,10-11,13-14,16H2,1-2H3,(H,26,30). The first kappa shape index (κ1) is 24.6. The molecule has 3 heterocycles. The first-order valence-electron chi connectivity index (χ1n) is 11.3. The molecule has 0 spiro atoms. The Hall–Kier alpha value is -3.57. The Bertz CT molecular complexity index is 1300. The van der Waals surface area contributed by atoms with Crippen LogP contribution in [0.1, 0.15) is 24.2 Å². The van der Waals surface area contributed by atoms with Gasteiger partial charge in [0.1, 0.15) is 4.90 Å². The zero-order chi connectivity index (χ0) is 25.0. The number of nitrogens with zero attached hydrogens (tertiary/aromatic N) is 4. The Balaban J connectivity index is 1.29. The quantitative estimate of drug-likeness (QED) is 0.497. The van der Waals surface area contributed by atoms with Crippen molar-refractivity contribution in [1.29, 1.82) is 0 Å². The monoisotopic (exact) mass is 497 g/mol. The highest BCUT2D eigenvalue weighted by molar-refractivity contribution is 7.89. The summed E-state index contributed by atoms with van der Waals surface area (Å²) < 4.78 is 33.7. The van der Waals surface area contributed by atoms with Crippen molar-refractivity contribution in [2.75, 3.05) is 25.0 Å². The first-order chi connectivity index (χ1) is 16.8. The van der Waals surface area contributed by atoms with Crippen LogP contribution < -0.4 is 5.32 Å².